The fourth-order valence-electron chi connectivity index (χ4n) is 3.81. The molecule has 2 saturated heterocycles. The van der Waals surface area contributed by atoms with Crippen LogP contribution >= 0.6 is 0 Å². The third-order valence-corrected chi connectivity index (χ3v) is 5.08. The van der Waals surface area contributed by atoms with E-state index in [1.54, 1.807) is 12.4 Å². The van der Waals surface area contributed by atoms with E-state index in [9.17, 15) is 4.79 Å². The Hall–Kier alpha value is -1.46. The second kappa shape index (κ2) is 6.12. The van der Waals surface area contributed by atoms with Crippen LogP contribution in [0.3, 0.4) is 0 Å². The van der Waals surface area contributed by atoms with Gasteiger partial charge in [0.2, 0.25) is 5.91 Å². The van der Waals surface area contributed by atoms with Crippen molar-refractivity contribution in [1.29, 1.82) is 0 Å². The number of carbonyl (C=O) groups is 1. The van der Waals surface area contributed by atoms with E-state index < -0.39 is 0 Å². The maximum absolute atomic E-state index is 12.5. The van der Waals surface area contributed by atoms with Crippen LogP contribution in [-0.4, -0.2) is 47.5 Å². The molecule has 0 saturated carbocycles. The summed E-state index contributed by atoms with van der Waals surface area (Å²) in [6.45, 7) is 0.316. The summed E-state index contributed by atoms with van der Waals surface area (Å²) in [7, 11) is 2.21. The van der Waals surface area contributed by atoms with E-state index in [0.717, 1.165) is 18.4 Å². The molecule has 3 atom stereocenters. The minimum absolute atomic E-state index is 0.0412. The van der Waals surface area contributed by atoms with Crippen molar-refractivity contribution in [2.75, 3.05) is 13.6 Å². The molecule has 1 aromatic heterocycles. The molecule has 0 spiro atoms. The average molecular weight is 288 g/mol. The number of piperidine rings is 1. The summed E-state index contributed by atoms with van der Waals surface area (Å²) < 4.78 is 0. The van der Waals surface area contributed by atoms with Crippen LogP contribution in [0.4, 0.5) is 0 Å². The van der Waals surface area contributed by atoms with Crippen LogP contribution in [-0.2, 0) is 4.79 Å². The molecule has 3 heterocycles. The standard InChI is InChI=1S/C16H24N4O/c1-20-13-4-5-14(20)8-12(7-13)19-16(21)15(9-17)11-3-2-6-18-10-11/h2-3,6,10,12-15H,4-5,7-9,17H2,1H3,(H,19,21). The average Bonchev–Trinajstić information content (AvgIpc) is 2.72. The van der Waals surface area contributed by atoms with Gasteiger partial charge in [0.05, 0.1) is 5.92 Å². The number of nitrogens with two attached hydrogens (primary N) is 1. The Morgan fingerprint density at radius 1 is 1.48 bits per heavy atom. The largest absolute Gasteiger partial charge is 0.353 e. The van der Waals surface area contributed by atoms with Crippen molar-refractivity contribution in [2.45, 2.75) is 49.7 Å². The van der Waals surface area contributed by atoms with Crippen molar-refractivity contribution >= 4 is 5.91 Å². The first-order valence-corrected chi connectivity index (χ1v) is 7.81. The van der Waals surface area contributed by atoms with Crippen molar-refractivity contribution in [2.24, 2.45) is 5.73 Å². The van der Waals surface area contributed by atoms with E-state index in [2.05, 4.69) is 22.2 Å². The van der Waals surface area contributed by atoms with Gasteiger partial charge in [-0.25, -0.2) is 0 Å². The molecule has 21 heavy (non-hydrogen) atoms. The van der Waals surface area contributed by atoms with E-state index in [0.29, 0.717) is 18.6 Å². The van der Waals surface area contributed by atoms with Crippen LogP contribution in [0.15, 0.2) is 24.5 Å². The number of rotatable bonds is 4. The lowest BCUT2D eigenvalue weighted by Crippen LogP contribution is -2.50. The van der Waals surface area contributed by atoms with Crippen LogP contribution in [0, 0.1) is 0 Å². The Labute approximate surface area is 125 Å². The molecule has 2 bridgehead atoms. The van der Waals surface area contributed by atoms with Gasteiger partial charge in [-0.15, -0.1) is 0 Å². The molecule has 0 aliphatic carbocycles. The molecule has 3 rings (SSSR count). The molecule has 2 fully saturated rings. The minimum Gasteiger partial charge on any atom is -0.353 e. The second-order valence-electron chi connectivity index (χ2n) is 6.30. The Kier molecular flexibility index (Phi) is 4.22. The first kappa shape index (κ1) is 14.5. The van der Waals surface area contributed by atoms with E-state index in [1.807, 2.05) is 12.1 Å². The monoisotopic (exact) mass is 288 g/mol. The number of aromatic nitrogens is 1. The molecule has 2 aliphatic rings. The van der Waals surface area contributed by atoms with Crippen LogP contribution in [0.25, 0.3) is 0 Å². The normalized spacial score (nSPS) is 30.1. The Balaban J connectivity index is 1.63. The van der Waals surface area contributed by atoms with Crippen molar-refractivity contribution in [3.8, 4) is 0 Å². The molecule has 3 unspecified atom stereocenters. The summed E-state index contributed by atoms with van der Waals surface area (Å²) in [4.78, 5) is 19.1. The smallest absolute Gasteiger partial charge is 0.229 e. The molecule has 0 radical (unpaired) electrons. The maximum Gasteiger partial charge on any atom is 0.229 e. The van der Waals surface area contributed by atoms with Gasteiger partial charge < -0.3 is 16.0 Å². The van der Waals surface area contributed by atoms with Gasteiger partial charge in [0.25, 0.3) is 0 Å². The fraction of sp³-hybridized carbons (Fsp3) is 0.625. The molecular weight excluding hydrogens is 264 g/mol. The SMILES string of the molecule is CN1C2CCC1CC(NC(=O)C(CN)c1cccnc1)C2. The summed E-state index contributed by atoms with van der Waals surface area (Å²) in [5.41, 5.74) is 6.70. The first-order valence-electron chi connectivity index (χ1n) is 7.81. The van der Waals surface area contributed by atoms with Crippen molar-refractivity contribution in [1.82, 2.24) is 15.2 Å². The number of hydrogen-bond donors (Lipinski definition) is 2. The van der Waals surface area contributed by atoms with E-state index in [1.165, 1.54) is 12.8 Å². The first-order chi connectivity index (χ1) is 10.2. The van der Waals surface area contributed by atoms with Gasteiger partial charge in [-0.3, -0.25) is 9.78 Å². The molecule has 0 aromatic carbocycles. The zero-order valence-electron chi connectivity index (χ0n) is 12.5. The summed E-state index contributed by atoms with van der Waals surface area (Å²) in [5.74, 6) is -0.254. The predicted molar refractivity (Wildman–Crippen MR) is 81.8 cm³/mol. The topological polar surface area (TPSA) is 71.2 Å². The predicted octanol–water partition coefficient (Wildman–Crippen LogP) is 0.865. The fourth-order valence-corrected chi connectivity index (χ4v) is 3.81. The van der Waals surface area contributed by atoms with Crippen LogP contribution in [0.5, 0.6) is 0 Å². The van der Waals surface area contributed by atoms with Gasteiger partial charge >= 0.3 is 0 Å². The zero-order chi connectivity index (χ0) is 14.8. The number of amides is 1. The highest BCUT2D eigenvalue weighted by Crippen LogP contribution is 2.34. The highest BCUT2D eigenvalue weighted by atomic mass is 16.2. The van der Waals surface area contributed by atoms with Gasteiger partial charge in [0, 0.05) is 37.1 Å². The Morgan fingerprint density at radius 2 is 2.19 bits per heavy atom. The zero-order valence-corrected chi connectivity index (χ0v) is 12.5. The summed E-state index contributed by atoms with van der Waals surface area (Å²) in [5, 5.41) is 3.22. The van der Waals surface area contributed by atoms with Gasteiger partial charge in [-0.2, -0.15) is 0 Å². The number of fused-ring (bicyclic) bond motifs is 2. The third-order valence-electron chi connectivity index (χ3n) is 5.08. The lowest BCUT2D eigenvalue weighted by Gasteiger charge is -2.37. The lowest BCUT2D eigenvalue weighted by atomic mass is 9.95. The number of nitrogens with one attached hydrogen (secondary N) is 1. The highest BCUT2D eigenvalue weighted by Gasteiger charge is 2.39. The van der Waals surface area contributed by atoms with Crippen molar-refractivity contribution in [3.05, 3.63) is 30.1 Å². The van der Waals surface area contributed by atoms with Gasteiger partial charge in [0.15, 0.2) is 0 Å². The van der Waals surface area contributed by atoms with Crippen LogP contribution in [0.1, 0.15) is 37.2 Å². The summed E-state index contributed by atoms with van der Waals surface area (Å²) in [6, 6.07) is 5.31. The second-order valence-corrected chi connectivity index (χ2v) is 6.30. The summed E-state index contributed by atoms with van der Waals surface area (Å²) in [6.07, 6.45) is 8.08. The van der Waals surface area contributed by atoms with Crippen LogP contribution < -0.4 is 11.1 Å². The number of nitrogens with zero attached hydrogens (tertiary/aromatic N) is 2. The van der Waals surface area contributed by atoms with Gasteiger partial charge in [-0.1, -0.05) is 6.07 Å². The highest BCUT2D eigenvalue weighted by molar-refractivity contribution is 5.84. The third kappa shape index (κ3) is 2.94. The molecule has 1 amide bonds. The van der Waals surface area contributed by atoms with E-state index in [-0.39, 0.29) is 17.9 Å². The quantitative estimate of drug-likeness (QED) is 0.862. The molecule has 5 nitrogen and oxygen atoms in total. The Morgan fingerprint density at radius 3 is 2.76 bits per heavy atom. The maximum atomic E-state index is 12.5. The summed E-state index contributed by atoms with van der Waals surface area (Å²) >= 11 is 0. The lowest BCUT2D eigenvalue weighted by molar-refractivity contribution is -0.123. The number of carbonyl (C=O) groups excluding carboxylic acids is 1. The molecule has 114 valence electrons. The van der Waals surface area contributed by atoms with Gasteiger partial charge in [0.1, 0.15) is 0 Å². The molecular formula is C16H24N4O. The number of pyridine rings is 1. The molecule has 5 heteroatoms. The minimum atomic E-state index is -0.295. The Bertz CT molecular complexity index is 478. The van der Waals surface area contributed by atoms with E-state index in [4.69, 9.17) is 5.73 Å². The molecule has 2 aliphatic heterocycles. The van der Waals surface area contributed by atoms with Gasteiger partial charge in [-0.05, 0) is 44.4 Å². The molecule has 3 N–H and O–H groups in total. The van der Waals surface area contributed by atoms with Crippen molar-refractivity contribution in [3.63, 3.8) is 0 Å². The van der Waals surface area contributed by atoms with E-state index >= 15 is 0 Å². The number of hydrogen-bond acceptors (Lipinski definition) is 4. The van der Waals surface area contributed by atoms with Crippen LogP contribution in [0.2, 0.25) is 0 Å². The van der Waals surface area contributed by atoms with Crippen molar-refractivity contribution < 1.29 is 4.79 Å². The molecule has 1 aromatic rings.